The highest BCUT2D eigenvalue weighted by molar-refractivity contribution is 9.10. The summed E-state index contributed by atoms with van der Waals surface area (Å²) in [6.45, 7) is 0.0190. The number of morpholine rings is 1. The van der Waals surface area contributed by atoms with E-state index in [4.69, 9.17) is 10.5 Å². The maximum absolute atomic E-state index is 13.9. The molecule has 0 bridgehead atoms. The van der Waals surface area contributed by atoms with Gasteiger partial charge in [-0.15, -0.1) is 0 Å². The van der Waals surface area contributed by atoms with Gasteiger partial charge in [0.2, 0.25) is 15.9 Å². The van der Waals surface area contributed by atoms with Crippen LogP contribution in [0.2, 0.25) is 0 Å². The molecule has 1 aromatic heterocycles. The van der Waals surface area contributed by atoms with Crippen LogP contribution in [0.25, 0.3) is 10.9 Å². The summed E-state index contributed by atoms with van der Waals surface area (Å²) in [5.74, 6) is -1.34. The smallest absolute Gasteiger partial charge is 0.266 e. The van der Waals surface area contributed by atoms with E-state index in [0.29, 0.717) is 15.4 Å². The Labute approximate surface area is 204 Å². The number of rotatable bonds is 5. The number of nitrogens with one attached hydrogen (secondary N) is 2. The Morgan fingerprint density at radius 1 is 1.21 bits per heavy atom. The highest BCUT2D eigenvalue weighted by Crippen LogP contribution is 2.34. The van der Waals surface area contributed by atoms with E-state index in [0.717, 1.165) is 22.7 Å². The Bertz CT molecular complexity index is 1400. The third-order valence-corrected chi connectivity index (χ3v) is 8.85. The monoisotopic (exact) mass is 546 g/mol. The molecule has 2 amide bonds. The summed E-state index contributed by atoms with van der Waals surface area (Å²) < 4.78 is 35.0. The highest BCUT2D eigenvalue weighted by atomic mass is 79.9. The number of fused-ring (bicyclic) bond motifs is 2. The number of hydrogen-bond donors (Lipinski definition) is 3. The van der Waals surface area contributed by atoms with Gasteiger partial charge < -0.3 is 20.8 Å². The van der Waals surface area contributed by atoms with Crippen LogP contribution in [-0.4, -0.2) is 55.3 Å². The van der Waals surface area contributed by atoms with Crippen molar-refractivity contribution in [3.63, 3.8) is 0 Å². The number of ether oxygens (including phenoxy) is 1. The molecule has 9 nitrogen and oxygen atoms in total. The predicted octanol–water partition coefficient (Wildman–Crippen LogP) is 2.22. The summed E-state index contributed by atoms with van der Waals surface area (Å²) in [7, 11) is -4.29. The van der Waals surface area contributed by atoms with E-state index in [9.17, 15) is 18.0 Å². The lowest BCUT2D eigenvalue weighted by atomic mass is 10.1. The van der Waals surface area contributed by atoms with Crippen molar-refractivity contribution < 1.29 is 22.7 Å². The van der Waals surface area contributed by atoms with Gasteiger partial charge in [0, 0.05) is 21.9 Å². The van der Waals surface area contributed by atoms with Gasteiger partial charge in [-0.1, -0.05) is 40.2 Å². The molecule has 3 aromatic rings. The van der Waals surface area contributed by atoms with Crippen molar-refractivity contribution in [3.05, 3.63) is 63.8 Å². The zero-order chi connectivity index (χ0) is 24.0. The molecule has 1 fully saturated rings. The van der Waals surface area contributed by atoms with Crippen LogP contribution in [0.4, 0.5) is 0 Å². The van der Waals surface area contributed by atoms with E-state index in [1.54, 1.807) is 18.2 Å². The van der Waals surface area contributed by atoms with Crippen molar-refractivity contribution in [2.24, 2.45) is 5.73 Å². The van der Waals surface area contributed by atoms with Crippen LogP contribution >= 0.6 is 15.9 Å². The molecule has 4 N–H and O–H groups in total. The largest absolute Gasteiger partial charge is 0.378 e. The number of aromatic nitrogens is 1. The summed E-state index contributed by atoms with van der Waals surface area (Å²) in [5, 5.41) is 3.32. The normalized spacial score (nSPS) is 20.9. The summed E-state index contributed by atoms with van der Waals surface area (Å²) >= 11 is 3.35. The zero-order valence-electron chi connectivity index (χ0n) is 18.1. The minimum Gasteiger partial charge on any atom is -0.378 e. The first-order valence-corrected chi connectivity index (χ1v) is 13.1. The van der Waals surface area contributed by atoms with Crippen molar-refractivity contribution in [1.82, 2.24) is 14.6 Å². The van der Waals surface area contributed by atoms with Crippen molar-refractivity contribution in [2.75, 3.05) is 19.8 Å². The third-order valence-electron chi connectivity index (χ3n) is 6.36. The highest BCUT2D eigenvalue weighted by Gasteiger charge is 2.42. The quantitative estimate of drug-likeness (QED) is 0.451. The number of H-pyrrole nitrogens is 1. The number of aromatic amines is 1. The Morgan fingerprint density at radius 3 is 2.79 bits per heavy atom. The van der Waals surface area contributed by atoms with Crippen molar-refractivity contribution in [2.45, 2.75) is 29.8 Å². The average molecular weight is 547 g/mol. The van der Waals surface area contributed by atoms with Crippen LogP contribution < -0.4 is 11.1 Å². The second kappa shape index (κ2) is 8.81. The summed E-state index contributed by atoms with van der Waals surface area (Å²) in [6.07, 6.45) is 1.59. The van der Waals surface area contributed by atoms with Crippen LogP contribution in [0.3, 0.4) is 0 Å². The van der Waals surface area contributed by atoms with E-state index < -0.39 is 27.9 Å². The number of nitrogens with zero attached hydrogens (tertiary/aromatic N) is 1. The first kappa shape index (κ1) is 23.0. The Morgan fingerprint density at radius 2 is 2.00 bits per heavy atom. The van der Waals surface area contributed by atoms with Gasteiger partial charge in [-0.25, -0.2) is 8.42 Å². The van der Waals surface area contributed by atoms with E-state index in [1.165, 1.54) is 5.56 Å². The Balaban J connectivity index is 1.51. The van der Waals surface area contributed by atoms with Gasteiger partial charge in [-0.3, -0.25) is 9.59 Å². The number of carbonyl (C=O) groups excluding carboxylic acids is 2. The molecule has 0 spiro atoms. The lowest BCUT2D eigenvalue weighted by Crippen LogP contribution is -2.56. The van der Waals surface area contributed by atoms with E-state index >= 15 is 0 Å². The Hall–Kier alpha value is -2.73. The molecular formula is C23H23BrN4O5S. The van der Waals surface area contributed by atoms with Crippen molar-refractivity contribution >= 4 is 48.7 Å². The molecule has 0 radical (unpaired) electrons. The average Bonchev–Trinajstić information content (AvgIpc) is 3.41. The number of primary amides is 1. The number of amides is 2. The molecule has 2 aliphatic rings. The number of halogens is 1. The SMILES string of the molecule is NC(=O)c1[nH]c2ccc(Br)cc2c1S(=O)(=O)N1CCOCC1C(=O)NC1CCc2ccccc21. The molecule has 11 heteroatoms. The summed E-state index contributed by atoms with van der Waals surface area (Å²) in [4.78, 5) is 28.1. The minimum absolute atomic E-state index is 0.0272. The van der Waals surface area contributed by atoms with Gasteiger partial charge in [0.25, 0.3) is 5.91 Å². The fourth-order valence-corrected chi connectivity index (χ4v) is 7.01. The molecule has 1 aliphatic heterocycles. The first-order valence-electron chi connectivity index (χ1n) is 10.9. The second-order valence-electron chi connectivity index (χ2n) is 8.39. The molecule has 2 atom stereocenters. The summed E-state index contributed by atoms with van der Waals surface area (Å²) in [6, 6.07) is 11.6. The standard InChI is InChI=1S/C23H23BrN4O5S/c24-14-6-8-18-16(11-14)21(20(26-18)22(25)29)34(31,32)28-9-10-33-12-19(28)23(30)27-17-7-5-13-3-1-2-4-15(13)17/h1-4,6,8,11,17,19,26H,5,7,9-10,12H2,(H2,25,29)(H,27,30). The molecule has 2 heterocycles. The number of carbonyl (C=O) groups is 2. The van der Waals surface area contributed by atoms with Crippen LogP contribution in [0.15, 0.2) is 51.8 Å². The van der Waals surface area contributed by atoms with E-state index in [-0.39, 0.29) is 36.4 Å². The number of benzene rings is 2. The maximum atomic E-state index is 13.9. The number of nitrogens with two attached hydrogens (primary N) is 1. The van der Waals surface area contributed by atoms with E-state index in [1.807, 2.05) is 24.3 Å². The lowest BCUT2D eigenvalue weighted by molar-refractivity contribution is -0.129. The molecule has 1 aliphatic carbocycles. The third kappa shape index (κ3) is 3.92. The molecule has 2 unspecified atom stereocenters. The molecule has 34 heavy (non-hydrogen) atoms. The van der Waals surface area contributed by atoms with Crippen LogP contribution in [0.5, 0.6) is 0 Å². The summed E-state index contributed by atoms with van der Waals surface area (Å²) in [5.41, 5.74) is 7.97. The van der Waals surface area contributed by atoms with Gasteiger partial charge in [0.05, 0.1) is 19.3 Å². The number of sulfonamides is 1. The maximum Gasteiger partial charge on any atom is 0.266 e. The van der Waals surface area contributed by atoms with Gasteiger partial charge in [-0.05, 0) is 42.2 Å². The minimum atomic E-state index is -4.29. The van der Waals surface area contributed by atoms with Gasteiger partial charge >= 0.3 is 0 Å². The zero-order valence-corrected chi connectivity index (χ0v) is 20.5. The fourth-order valence-electron chi connectivity index (χ4n) is 4.76. The van der Waals surface area contributed by atoms with Crippen LogP contribution in [-0.2, 0) is 26.0 Å². The molecule has 5 rings (SSSR count). The van der Waals surface area contributed by atoms with E-state index in [2.05, 4.69) is 26.2 Å². The van der Waals surface area contributed by atoms with Crippen molar-refractivity contribution in [1.29, 1.82) is 0 Å². The van der Waals surface area contributed by atoms with Crippen LogP contribution in [0, 0.1) is 0 Å². The second-order valence-corrected chi connectivity index (χ2v) is 11.1. The molecular weight excluding hydrogens is 524 g/mol. The fraction of sp³-hybridized carbons (Fsp3) is 0.304. The van der Waals surface area contributed by atoms with Gasteiger partial charge in [-0.2, -0.15) is 4.31 Å². The first-order chi connectivity index (χ1) is 16.3. The lowest BCUT2D eigenvalue weighted by Gasteiger charge is -2.34. The Kier molecular flexibility index (Phi) is 5.96. The molecule has 2 aromatic carbocycles. The van der Waals surface area contributed by atoms with Crippen LogP contribution in [0.1, 0.15) is 34.1 Å². The number of hydrogen-bond acceptors (Lipinski definition) is 5. The van der Waals surface area contributed by atoms with Gasteiger partial charge in [0.1, 0.15) is 16.6 Å². The van der Waals surface area contributed by atoms with Gasteiger partial charge in [0.15, 0.2) is 0 Å². The molecule has 0 saturated carbocycles. The predicted molar refractivity (Wildman–Crippen MR) is 129 cm³/mol. The topological polar surface area (TPSA) is 135 Å². The molecule has 1 saturated heterocycles. The van der Waals surface area contributed by atoms with Crippen molar-refractivity contribution in [3.8, 4) is 0 Å². The number of aryl methyl sites for hydroxylation is 1. The molecule has 178 valence electrons.